The van der Waals surface area contributed by atoms with Crippen molar-refractivity contribution in [3.63, 3.8) is 0 Å². The van der Waals surface area contributed by atoms with Gasteiger partial charge in [-0.05, 0) is 30.7 Å². The third-order valence-corrected chi connectivity index (χ3v) is 4.93. The molecule has 0 saturated heterocycles. The standard InChI is InChI=1S/C16H25N3O3S/c1-23(21,22)19-15-9-5-8-13(15)11-18-16(20)14(17)10-12-6-3-2-4-7-12/h2-4,6-7,13-15,19H,5,8-11,17H2,1H3,(H,18,20)/t13?,14-,15?/m0/s1. The van der Waals surface area contributed by atoms with Gasteiger partial charge in [-0.1, -0.05) is 36.8 Å². The first-order valence-corrected chi connectivity index (χ1v) is 9.79. The van der Waals surface area contributed by atoms with E-state index >= 15 is 0 Å². The van der Waals surface area contributed by atoms with E-state index in [2.05, 4.69) is 10.0 Å². The zero-order chi connectivity index (χ0) is 16.9. The monoisotopic (exact) mass is 339 g/mol. The van der Waals surface area contributed by atoms with Crippen LogP contribution >= 0.6 is 0 Å². The highest BCUT2D eigenvalue weighted by molar-refractivity contribution is 7.88. The Morgan fingerprint density at radius 1 is 1.30 bits per heavy atom. The summed E-state index contributed by atoms with van der Waals surface area (Å²) in [5.41, 5.74) is 6.97. The summed E-state index contributed by atoms with van der Waals surface area (Å²) in [6.45, 7) is 0.453. The number of benzene rings is 1. The van der Waals surface area contributed by atoms with Gasteiger partial charge in [0, 0.05) is 12.6 Å². The van der Waals surface area contributed by atoms with E-state index in [0.717, 1.165) is 31.1 Å². The van der Waals surface area contributed by atoms with Gasteiger partial charge in [0.15, 0.2) is 0 Å². The highest BCUT2D eigenvalue weighted by Crippen LogP contribution is 2.25. The van der Waals surface area contributed by atoms with E-state index in [-0.39, 0.29) is 17.9 Å². The van der Waals surface area contributed by atoms with Crippen molar-refractivity contribution in [2.45, 2.75) is 37.8 Å². The van der Waals surface area contributed by atoms with Gasteiger partial charge >= 0.3 is 0 Å². The molecule has 1 aliphatic carbocycles. The van der Waals surface area contributed by atoms with Gasteiger partial charge in [0.2, 0.25) is 15.9 Å². The Labute approximate surface area is 137 Å². The first-order valence-electron chi connectivity index (χ1n) is 7.89. The summed E-state index contributed by atoms with van der Waals surface area (Å²) in [5, 5.41) is 2.86. The Hall–Kier alpha value is -1.44. The minimum absolute atomic E-state index is 0.101. The fourth-order valence-corrected chi connectivity index (χ4v) is 3.90. The molecule has 2 rings (SSSR count). The number of carbonyl (C=O) groups excluding carboxylic acids is 1. The Morgan fingerprint density at radius 2 is 2.00 bits per heavy atom. The van der Waals surface area contributed by atoms with E-state index in [4.69, 9.17) is 5.73 Å². The maximum absolute atomic E-state index is 12.1. The van der Waals surface area contributed by atoms with Gasteiger partial charge in [0.25, 0.3) is 0 Å². The number of sulfonamides is 1. The van der Waals surface area contributed by atoms with Crippen LogP contribution in [0.3, 0.4) is 0 Å². The number of carbonyl (C=O) groups is 1. The molecule has 1 aliphatic rings. The SMILES string of the molecule is CS(=O)(=O)NC1CCCC1CNC(=O)[C@@H](N)Cc1ccccc1. The van der Waals surface area contributed by atoms with Crippen molar-refractivity contribution in [2.75, 3.05) is 12.8 Å². The van der Waals surface area contributed by atoms with E-state index in [9.17, 15) is 13.2 Å². The molecule has 0 radical (unpaired) electrons. The Bertz CT molecular complexity index is 619. The second kappa shape index (κ2) is 7.90. The smallest absolute Gasteiger partial charge is 0.237 e. The average Bonchev–Trinajstić information content (AvgIpc) is 2.90. The lowest BCUT2D eigenvalue weighted by Crippen LogP contribution is -2.46. The minimum Gasteiger partial charge on any atom is -0.354 e. The predicted molar refractivity (Wildman–Crippen MR) is 90.2 cm³/mol. The van der Waals surface area contributed by atoms with Crippen molar-refractivity contribution in [1.29, 1.82) is 0 Å². The van der Waals surface area contributed by atoms with Crippen LogP contribution in [0.1, 0.15) is 24.8 Å². The molecular formula is C16H25N3O3S. The van der Waals surface area contributed by atoms with Gasteiger partial charge in [0.1, 0.15) is 0 Å². The number of nitrogens with one attached hydrogen (secondary N) is 2. The van der Waals surface area contributed by atoms with Crippen LogP contribution in [0.15, 0.2) is 30.3 Å². The Kier molecular flexibility index (Phi) is 6.15. The van der Waals surface area contributed by atoms with Crippen molar-refractivity contribution in [1.82, 2.24) is 10.0 Å². The molecule has 1 fully saturated rings. The number of rotatable bonds is 7. The van der Waals surface area contributed by atoms with Gasteiger partial charge < -0.3 is 11.1 Å². The fraction of sp³-hybridized carbons (Fsp3) is 0.562. The molecule has 23 heavy (non-hydrogen) atoms. The molecule has 1 aromatic rings. The van der Waals surface area contributed by atoms with Crippen LogP contribution in [0.25, 0.3) is 0 Å². The summed E-state index contributed by atoms with van der Waals surface area (Å²) in [5.74, 6) is -0.0727. The lowest BCUT2D eigenvalue weighted by atomic mass is 10.0. The van der Waals surface area contributed by atoms with Crippen LogP contribution < -0.4 is 15.8 Å². The van der Waals surface area contributed by atoms with Gasteiger partial charge in [0.05, 0.1) is 12.3 Å². The summed E-state index contributed by atoms with van der Waals surface area (Å²) in [6, 6.07) is 8.94. The van der Waals surface area contributed by atoms with Crippen LogP contribution in [0, 0.1) is 5.92 Å². The van der Waals surface area contributed by atoms with Gasteiger partial charge in [-0.3, -0.25) is 4.79 Å². The Morgan fingerprint density at radius 3 is 2.65 bits per heavy atom. The van der Waals surface area contributed by atoms with Crippen LogP contribution in [0.2, 0.25) is 0 Å². The molecule has 3 atom stereocenters. The lowest BCUT2D eigenvalue weighted by molar-refractivity contribution is -0.122. The molecule has 1 saturated carbocycles. The molecule has 128 valence electrons. The summed E-state index contributed by atoms with van der Waals surface area (Å²) in [7, 11) is -3.22. The van der Waals surface area contributed by atoms with Crippen LogP contribution in [-0.2, 0) is 21.2 Å². The third kappa shape index (κ3) is 5.93. The highest BCUT2D eigenvalue weighted by atomic mass is 32.2. The quantitative estimate of drug-likeness (QED) is 0.669. The van der Waals surface area contributed by atoms with Crippen LogP contribution in [0.5, 0.6) is 0 Å². The maximum atomic E-state index is 12.1. The minimum atomic E-state index is -3.22. The molecule has 1 aromatic carbocycles. The van der Waals surface area contributed by atoms with E-state index in [1.165, 1.54) is 0 Å². The molecule has 0 aromatic heterocycles. The second-order valence-corrected chi connectivity index (χ2v) is 8.01. The third-order valence-electron chi connectivity index (χ3n) is 4.20. The number of nitrogens with two attached hydrogens (primary N) is 1. The summed E-state index contributed by atoms with van der Waals surface area (Å²) >= 11 is 0. The van der Waals surface area contributed by atoms with Crippen LogP contribution in [-0.4, -0.2) is 39.2 Å². The molecule has 0 bridgehead atoms. The molecule has 0 aliphatic heterocycles. The van der Waals surface area contributed by atoms with E-state index < -0.39 is 16.1 Å². The van der Waals surface area contributed by atoms with Crippen LogP contribution in [0.4, 0.5) is 0 Å². The van der Waals surface area contributed by atoms with Crippen molar-refractivity contribution in [3.05, 3.63) is 35.9 Å². The first-order chi connectivity index (χ1) is 10.8. The largest absolute Gasteiger partial charge is 0.354 e. The number of hydrogen-bond acceptors (Lipinski definition) is 4. The molecule has 0 spiro atoms. The van der Waals surface area contributed by atoms with E-state index in [1.807, 2.05) is 30.3 Å². The molecule has 0 heterocycles. The predicted octanol–water partition coefficient (Wildman–Crippen LogP) is 0.391. The van der Waals surface area contributed by atoms with Gasteiger partial charge in [-0.2, -0.15) is 0 Å². The summed E-state index contributed by atoms with van der Waals surface area (Å²) < 4.78 is 25.4. The number of hydrogen-bond donors (Lipinski definition) is 3. The summed E-state index contributed by atoms with van der Waals surface area (Å²) in [4.78, 5) is 12.1. The number of amides is 1. The van der Waals surface area contributed by atoms with E-state index in [0.29, 0.717) is 13.0 Å². The maximum Gasteiger partial charge on any atom is 0.237 e. The van der Waals surface area contributed by atoms with Crippen molar-refractivity contribution in [3.8, 4) is 0 Å². The highest BCUT2D eigenvalue weighted by Gasteiger charge is 2.30. The molecular weight excluding hydrogens is 314 g/mol. The van der Waals surface area contributed by atoms with Gasteiger partial charge in [-0.25, -0.2) is 13.1 Å². The molecule has 7 heteroatoms. The average molecular weight is 339 g/mol. The zero-order valence-electron chi connectivity index (χ0n) is 13.4. The zero-order valence-corrected chi connectivity index (χ0v) is 14.2. The lowest BCUT2D eigenvalue weighted by Gasteiger charge is -2.21. The van der Waals surface area contributed by atoms with Crippen molar-refractivity contribution >= 4 is 15.9 Å². The normalized spacial score (nSPS) is 22.7. The van der Waals surface area contributed by atoms with Crippen molar-refractivity contribution in [2.24, 2.45) is 11.7 Å². The Balaban J connectivity index is 1.81. The molecule has 1 amide bonds. The second-order valence-electron chi connectivity index (χ2n) is 6.23. The first kappa shape index (κ1) is 17.9. The topological polar surface area (TPSA) is 101 Å². The molecule has 2 unspecified atom stereocenters. The van der Waals surface area contributed by atoms with Crippen molar-refractivity contribution < 1.29 is 13.2 Å². The molecule has 4 N–H and O–H groups in total. The fourth-order valence-electron chi connectivity index (χ4n) is 3.03. The molecule has 6 nitrogen and oxygen atoms in total. The van der Waals surface area contributed by atoms with E-state index in [1.54, 1.807) is 0 Å². The van der Waals surface area contributed by atoms with Gasteiger partial charge in [-0.15, -0.1) is 0 Å². The summed E-state index contributed by atoms with van der Waals surface area (Å²) in [6.07, 6.45) is 4.33.